The number of non-ortho nitro benzene ring substituents is 1. The van der Waals surface area contributed by atoms with Gasteiger partial charge in [0.15, 0.2) is 11.6 Å². The molecule has 2 aromatic carbocycles. The van der Waals surface area contributed by atoms with Crippen LogP contribution in [0.4, 0.5) is 17.3 Å². The van der Waals surface area contributed by atoms with Crippen LogP contribution in [-0.4, -0.2) is 47.0 Å². The first kappa shape index (κ1) is 21.0. The molecule has 154 valence electrons. The van der Waals surface area contributed by atoms with Gasteiger partial charge >= 0.3 is 0 Å². The van der Waals surface area contributed by atoms with Gasteiger partial charge in [-0.15, -0.1) is 0 Å². The number of fused-ring (bicyclic) bond motifs is 1. The fourth-order valence-electron chi connectivity index (χ4n) is 2.89. The number of rotatable bonds is 9. The number of nitrogens with one attached hydrogen (secondary N) is 2. The van der Waals surface area contributed by atoms with Crippen molar-refractivity contribution in [2.75, 3.05) is 37.8 Å². The zero-order chi connectivity index (χ0) is 21.5. The Balaban J connectivity index is 1.84. The van der Waals surface area contributed by atoms with E-state index in [1.807, 2.05) is 26.2 Å². The molecule has 0 bridgehead atoms. The molecular weight excluding hydrogens is 382 g/mol. The number of nitrogens with zero attached hydrogens (tertiary/aromatic N) is 5. The van der Waals surface area contributed by atoms with Crippen molar-refractivity contribution in [2.45, 2.75) is 13.0 Å². The summed E-state index contributed by atoms with van der Waals surface area (Å²) in [5, 5.41) is 26.6. The summed E-state index contributed by atoms with van der Waals surface area (Å²) in [5.74, 6) is 1.13. The number of nitro benzene ring substituents is 1. The summed E-state index contributed by atoms with van der Waals surface area (Å²) in [4.78, 5) is 21.9. The Morgan fingerprint density at radius 2 is 1.77 bits per heavy atom. The summed E-state index contributed by atoms with van der Waals surface area (Å²) in [6, 6.07) is 13.9. The lowest BCUT2D eigenvalue weighted by Gasteiger charge is -2.14. The van der Waals surface area contributed by atoms with Crippen LogP contribution < -0.4 is 10.6 Å². The molecule has 0 spiro atoms. The zero-order valence-corrected chi connectivity index (χ0v) is 16.9. The molecule has 9 heteroatoms. The van der Waals surface area contributed by atoms with Gasteiger partial charge in [0, 0.05) is 25.2 Å². The summed E-state index contributed by atoms with van der Waals surface area (Å²) < 4.78 is 0. The van der Waals surface area contributed by atoms with Crippen LogP contribution in [0.3, 0.4) is 0 Å². The van der Waals surface area contributed by atoms with E-state index in [4.69, 9.17) is 5.26 Å². The minimum Gasteiger partial charge on any atom is -0.367 e. The SMILES string of the molecule is CN(C)CCCNc1nc2cc([N+](=O)[O-])ccc2nc1NCc1ccc(C#N)cc1. The largest absolute Gasteiger partial charge is 0.367 e. The number of nitro groups is 1. The normalized spacial score (nSPS) is 10.7. The predicted molar refractivity (Wildman–Crippen MR) is 116 cm³/mol. The molecule has 30 heavy (non-hydrogen) atoms. The molecule has 1 heterocycles. The summed E-state index contributed by atoms with van der Waals surface area (Å²) >= 11 is 0. The van der Waals surface area contributed by atoms with Crippen LogP contribution in [-0.2, 0) is 6.54 Å². The zero-order valence-electron chi connectivity index (χ0n) is 16.9. The van der Waals surface area contributed by atoms with Crippen molar-refractivity contribution >= 4 is 28.4 Å². The average Bonchev–Trinajstić information content (AvgIpc) is 2.74. The Labute approximate surface area is 174 Å². The van der Waals surface area contributed by atoms with E-state index >= 15 is 0 Å². The number of hydrogen-bond acceptors (Lipinski definition) is 8. The van der Waals surface area contributed by atoms with Crippen molar-refractivity contribution < 1.29 is 4.92 Å². The average molecular weight is 405 g/mol. The maximum absolute atomic E-state index is 11.1. The lowest BCUT2D eigenvalue weighted by atomic mass is 10.1. The molecule has 3 aromatic rings. The molecule has 0 amide bonds. The minimum atomic E-state index is -0.442. The third-order valence-corrected chi connectivity index (χ3v) is 4.48. The molecule has 0 atom stereocenters. The first-order valence-electron chi connectivity index (χ1n) is 9.54. The molecule has 0 fully saturated rings. The standard InChI is InChI=1S/C21H23N7O2/c1-27(2)11-3-10-23-20-21(24-14-16-6-4-15(13-22)5-7-16)25-18-9-8-17(28(29)30)12-19(18)26-20/h4-9,12H,3,10-11,14H2,1-2H3,(H,23,26)(H,24,25). The van der Waals surface area contributed by atoms with Gasteiger partial charge in [-0.25, -0.2) is 9.97 Å². The molecule has 0 saturated carbocycles. The Morgan fingerprint density at radius 3 is 2.43 bits per heavy atom. The van der Waals surface area contributed by atoms with Crippen LogP contribution >= 0.6 is 0 Å². The Bertz CT molecular complexity index is 1080. The fraction of sp³-hybridized carbons (Fsp3) is 0.286. The summed E-state index contributed by atoms with van der Waals surface area (Å²) in [5.41, 5.74) is 2.62. The van der Waals surface area contributed by atoms with E-state index < -0.39 is 4.92 Å². The van der Waals surface area contributed by atoms with Gasteiger partial charge in [0.25, 0.3) is 5.69 Å². The van der Waals surface area contributed by atoms with Crippen molar-refractivity contribution in [1.82, 2.24) is 14.9 Å². The summed E-state index contributed by atoms with van der Waals surface area (Å²) in [7, 11) is 4.03. The highest BCUT2D eigenvalue weighted by molar-refractivity contribution is 5.82. The lowest BCUT2D eigenvalue weighted by molar-refractivity contribution is -0.384. The van der Waals surface area contributed by atoms with Crippen molar-refractivity contribution in [3.8, 4) is 6.07 Å². The van der Waals surface area contributed by atoms with Crippen LogP contribution in [0.2, 0.25) is 0 Å². The Morgan fingerprint density at radius 1 is 1.07 bits per heavy atom. The van der Waals surface area contributed by atoms with E-state index in [1.165, 1.54) is 12.1 Å². The molecular formula is C21H23N7O2. The van der Waals surface area contributed by atoms with Crippen LogP contribution in [0.25, 0.3) is 11.0 Å². The van der Waals surface area contributed by atoms with Gasteiger partial charge < -0.3 is 15.5 Å². The number of hydrogen-bond donors (Lipinski definition) is 2. The highest BCUT2D eigenvalue weighted by atomic mass is 16.6. The second-order valence-corrected chi connectivity index (χ2v) is 7.10. The second-order valence-electron chi connectivity index (χ2n) is 7.10. The van der Waals surface area contributed by atoms with E-state index in [2.05, 4.69) is 31.6 Å². The molecule has 2 N–H and O–H groups in total. The maximum atomic E-state index is 11.1. The smallest absolute Gasteiger partial charge is 0.271 e. The van der Waals surface area contributed by atoms with Gasteiger partial charge in [0.05, 0.1) is 27.6 Å². The highest BCUT2D eigenvalue weighted by Gasteiger charge is 2.13. The highest BCUT2D eigenvalue weighted by Crippen LogP contribution is 2.25. The molecule has 3 rings (SSSR count). The van der Waals surface area contributed by atoms with E-state index in [0.29, 0.717) is 41.3 Å². The van der Waals surface area contributed by atoms with Gasteiger partial charge in [-0.3, -0.25) is 10.1 Å². The van der Waals surface area contributed by atoms with Gasteiger partial charge in [0.2, 0.25) is 0 Å². The number of aromatic nitrogens is 2. The van der Waals surface area contributed by atoms with Crippen LogP contribution in [0.5, 0.6) is 0 Å². The van der Waals surface area contributed by atoms with Gasteiger partial charge in [-0.2, -0.15) is 5.26 Å². The Hall–Kier alpha value is -3.77. The molecule has 0 aliphatic rings. The predicted octanol–water partition coefficient (Wildman–Crippen LogP) is 3.39. The van der Waals surface area contributed by atoms with Crippen LogP contribution in [0, 0.1) is 21.4 Å². The van der Waals surface area contributed by atoms with Crippen molar-refractivity contribution in [2.24, 2.45) is 0 Å². The first-order valence-corrected chi connectivity index (χ1v) is 9.54. The summed E-state index contributed by atoms with van der Waals surface area (Å²) in [6.07, 6.45) is 0.913. The van der Waals surface area contributed by atoms with Crippen molar-refractivity contribution in [3.63, 3.8) is 0 Å². The van der Waals surface area contributed by atoms with Crippen LogP contribution in [0.15, 0.2) is 42.5 Å². The van der Waals surface area contributed by atoms with E-state index in [9.17, 15) is 10.1 Å². The molecule has 0 aliphatic carbocycles. The fourth-order valence-corrected chi connectivity index (χ4v) is 2.89. The molecule has 0 radical (unpaired) electrons. The number of benzene rings is 2. The maximum Gasteiger partial charge on any atom is 0.271 e. The molecule has 9 nitrogen and oxygen atoms in total. The van der Waals surface area contributed by atoms with Crippen molar-refractivity contribution in [3.05, 3.63) is 63.7 Å². The minimum absolute atomic E-state index is 0.0198. The summed E-state index contributed by atoms with van der Waals surface area (Å²) in [6.45, 7) is 2.12. The molecule has 0 aliphatic heterocycles. The topological polar surface area (TPSA) is 120 Å². The quantitative estimate of drug-likeness (QED) is 0.316. The molecule has 1 aromatic heterocycles. The van der Waals surface area contributed by atoms with Crippen LogP contribution in [0.1, 0.15) is 17.5 Å². The lowest BCUT2D eigenvalue weighted by Crippen LogP contribution is -2.17. The monoisotopic (exact) mass is 405 g/mol. The van der Waals surface area contributed by atoms with Gasteiger partial charge in [-0.05, 0) is 50.8 Å². The third-order valence-electron chi connectivity index (χ3n) is 4.48. The molecule has 0 unspecified atom stereocenters. The van der Waals surface area contributed by atoms with Gasteiger partial charge in [-0.1, -0.05) is 12.1 Å². The van der Waals surface area contributed by atoms with E-state index in [0.717, 1.165) is 18.5 Å². The number of nitriles is 1. The second kappa shape index (κ2) is 9.62. The first-order chi connectivity index (χ1) is 14.5. The Kier molecular flexibility index (Phi) is 6.72. The number of anilines is 2. The van der Waals surface area contributed by atoms with E-state index in [-0.39, 0.29) is 5.69 Å². The van der Waals surface area contributed by atoms with Crippen molar-refractivity contribution in [1.29, 1.82) is 5.26 Å². The van der Waals surface area contributed by atoms with Gasteiger partial charge in [0.1, 0.15) is 0 Å². The van der Waals surface area contributed by atoms with E-state index in [1.54, 1.807) is 18.2 Å². The third kappa shape index (κ3) is 5.40. The molecule has 0 saturated heterocycles.